The minimum atomic E-state index is -0.0921. The molecule has 0 radical (unpaired) electrons. The van der Waals surface area contributed by atoms with Gasteiger partial charge in [-0.1, -0.05) is 20.8 Å². The Morgan fingerprint density at radius 1 is 1.45 bits per heavy atom. The van der Waals surface area contributed by atoms with E-state index in [4.69, 9.17) is 0 Å². The molecule has 3 nitrogen and oxygen atoms in total. The van der Waals surface area contributed by atoms with E-state index >= 15 is 0 Å². The molecule has 0 spiro atoms. The summed E-state index contributed by atoms with van der Waals surface area (Å²) in [6.07, 6.45) is 0.977. The number of carbonyl (C=O) groups excluding carboxylic acids is 1. The normalized spacial score (nSPS) is 12.8. The van der Waals surface area contributed by atoms with Gasteiger partial charge in [0.05, 0.1) is 0 Å². The molecule has 0 saturated heterocycles. The fraction of sp³-hybridized carbons (Fsp3) is 0.875. The Labute approximate surface area is 68.6 Å². The molecule has 0 bridgehead atoms. The van der Waals surface area contributed by atoms with Crippen LogP contribution in [0.3, 0.4) is 0 Å². The van der Waals surface area contributed by atoms with Gasteiger partial charge in [-0.05, 0) is 12.3 Å². The Balaban J connectivity index is 3.78. The van der Waals surface area contributed by atoms with Crippen molar-refractivity contribution in [2.45, 2.75) is 33.2 Å². The monoisotopic (exact) mass is 158 g/mol. The van der Waals surface area contributed by atoms with Crippen LogP contribution in [-0.4, -0.2) is 19.1 Å². The average Bonchev–Trinajstić information content (AvgIpc) is 1.99. The van der Waals surface area contributed by atoms with Gasteiger partial charge in [0.15, 0.2) is 0 Å². The Bertz CT molecular complexity index is 123. The molecule has 0 fully saturated rings. The van der Waals surface area contributed by atoms with E-state index in [1.54, 1.807) is 7.05 Å². The van der Waals surface area contributed by atoms with E-state index < -0.39 is 0 Å². The zero-order valence-electron chi connectivity index (χ0n) is 7.77. The van der Waals surface area contributed by atoms with Gasteiger partial charge < -0.3 is 10.6 Å². The van der Waals surface area contributed by atoms with E-state index in [0.29, 0.717) is 5.92 Å². The highest BCUT2D eigenvalue weighted by molar-refractivity contribution is 5.73. The smallest absolute Gasteiger partial charge is 0.314 e. The highest BCUT2D eigenvalue weighted by Gasteiger charge is 2.11. The van der Waals surface area contributed by atoms with Crippen molar-refractivity contribution in [1.82, 2.24) is 10.6 Å². The van der Waals surface area contributed by atoms with E-state index in [1.807, 2.05) is 0 Å². The van der Waals surface area contributed by atoms with E-state index in [2.05, 4.69) is 31.4 Å². The Morgan fingerprint density at radius 3 is 2.27 bits per heavy atom. The van der Waals surface area contributed by atoms with Crippen molar-refractivity contribution in [2.24, 2.45) is 5.92 Å². The van der Waals surface area contributed by atoms with Gasteiger partial charge in [0.1, 0.15) is 0 Å². The van der Waals surface area contributed by atoms with Crippen LogP contribution >= 0.6 is 0 Å². The maximum Gasteiger partial charge on any atom is 0.314 e. The van der Waals surface area contributed by atoms with Crippen LogP contribution in [0.1, 0.15) is 27.2 Å². The van der Waals surface area contributed by atoms with Crippen LogP contribution in [0, 0.1) is 5.92 Å². The van der Waals surface area contributed by atoms with Crippen molar-refractivity contribution in [3.63, 3.8) is 0 Å². The van der Waals surface area contributed by atoms with Crippen LogP contribution in [-0.2, 0) is 0 Å². The van der Waals surface area contributed by atoms with Crippen LogP contribution in [0.25, 0.3) is 0 Å². The first-order valence-corrected chi connectivity index (χ1v) is 4.10. The summed E-state index contributed by atoms with van der Waals surface area (Å²) in [4.78, 5) is 10.9. The first kappa shape index (κ1) is 10.3. The van der Waals surface area contributed by atoms with E-state index in [0.717, 1.165) is 6.42 Å². The first-order valence-electron chi connectivity index (χ1n) is 4.10. The fourth-order valence-electron chi connectivity index (χ4n) is 0.981. The van der Waals surface area contributed by atoms with Crippen LogP contribution in [0.2, 0.25) is 0 Å². The SMILES string of the molecule is CCC(NC(=O)NC)C(C)C. The molecular weight excluding hydrogens is 140 g/mol. The van der Waals surface area contributed by atoms with E-state index in [-0.39, 0.29) is 12.1 Å². The molecule has 66 valence electrons. The van der Waals surface area contributed by atoms with Gasteiger partial charge in [0.2, 0.25) is 0 Å². The predicted molar refractivity (Wildman–Crippen MR) is 46.5 cm³/mol. The van der Waals surface area contributed by atoms with Crippen LogP contribution in [0.15, 0.2) is 0 Å². The topological polar surface area (TPSA) is 41.1 Å². The van der Waals surface area contributed by atoms with Gasteiger partial charge in [-0.2, -0.15) is 0 Å². The molecule has 3 heteroatoms. The van der Waals surface area contributed by atoms with Crippen LogP contribution in [0.5, 0.6) is 0 Å². The van der Waals surface area contributed by atoms with Crippen molar-refractivity contribution < 1.29 is 4.79 Å². The number of carbonyl (C=O) groups is 1. The summed E-state index contributed by atoms with van der Waals surface area (Å²) in [7, 11) is 1.63. The van der Waals surface area contributed by atoms with Gasteiger partial charge in [-0.15, -0.1) is 0 Å². The second-order valence-electron chi connectivity index (χ2n) is 2.98. The summed E-state index contributed by atoms with van der Waals surface area (Å²) in [5.74, 6) is 0.497. The van der Waals surface area contributed by atoms with E-state index in [9.17, 15) is 4.79 Å². The molecule has 0 aliphatic heterocycles. The third-order valence-electron chi connectivity index (χ3n) is 1.79. The lowest BCUT2D eigenvalue weighted by Crippen LogP contribution is -2.42. The highest BCUT2D eigenvalue weighted by atomic mass is 16.2. The standard InChI is InChI=1S/C8H18N2O/c1-5-7(6(2)3)10-8(11)9-4/h6-7H,5H2,1-4H3,(H2,9,10,11). The number of hydrogen-bond donors (Lipinski definition) is 2. The van der Waals surface area contributed by atoms with Gasteiger partial charge >= 0.3 is 6.03 Å². The number of rotatable bonds is 3. The maximum atomic E-state index is 10.9. The third kappa shape index (κ3) is 3.86. The predicted octanol–water partition coefficient (Wildman–Crippen LogP) is 1.35. The lowest BCUT2D eigenvalue weighted by molar-refractivity contribution is 0.234. The molecule has 2 N–H and O–H groups in total. The van der Waals surface area contributed by atoms with Crippen molar-refractivity contribution >= 4 is 6.03 Å². The second kappa shape index (κ2) is 4.99. The summed E-state index contributed by atoms with van der Waals surface area (Å²) >= 11 is 0. The molecule has 0 rings (SSSR count). The quantitative estimate of drug-likeness (QED) is 0.639. The minimum absolute atomic E-state index is 0.0921. The first-order chi connectivity index (χ1) is 5.11. The number of nitrogens with one attached hydrogen (secondary N) is 2. The number of urea groups is 1. The molecule has 0 aromatic heterocycles. The zero-order valence-corrected chi connectivity index (χ0v) is 7.77. The molecule has 0 aliphatic rings. The second-order valence-corrected chi connectivity index (χ2v) is 2.98. The molecule has 1 atom stereocenters. The summed E-state index contributed by atoms with van der Waals surface area (Å²) in [6.45, 7) is 6.27. The molecule has 1 unspecified atom stereocenters. The van der Waals surface area contributed by atoms with Crippen molar-refractivity contribution in [1.29, 1.82) is 0 Å². The molecular formula is C8H18N2O. The molecule has 0 aliphatic carbocycles. The lowest BCUT2D eigenvalue weighted by Gasteiger charge is -2.19. The summed E-state index contributed by atoms with van der Waals surface area (Å²) in [6, 6.07) is 0.195. The van der Waals surface area contributed by atoms with Gasteiger partial charge in [-0.25, -0.2) is 4.79 Å². The van der Waals surface area contributed by atoms with Gasteiger partial charge in [-0.3, -0.25) is 0 Å². The van der Waals surface area contributed by atoms with Crippen molar-refractivity contribution in [3.05, 3.63) is 0 Å². The summed E-state index contributed by atoms with van der Waals surface area (Å²) in [5.41, 5.74) is 0. The zero-order chi connectivity index (χ0) is 8.85. The average molecular weight is 158 g/mol. The van der Waals surface area contributed by atoms with Crippen molar-refractivity contribution in [2.75, 3.05) is 7.05 Å². The van der Waals surface area contributed by atoms with Gasteiger partial charge in [0.25, 0.3) is 0 Å². The number of hydrogen-bond acceptors (Lipinski definition) is 1. The minimum Gasteiger partial charge on any atom is -0.341 e. The largest absolute Gasteiger partial charge is 0.341 e. The molecule has 2 amide bonds. The number of amides is 2. The maximum absolute atomic E-state index is 10.9. The van der Waals surface area contributed by atoms with E-state index in [1.165, 1.54) is 0 Å². The molecule has 0 aromatic carbocycles. The fourth-order valence-corrected chi connectivity index (χ4v) is 0.981. The molecule has 11 heavy (non-hydrogen) atoms. The molecule has 0 saturated carbocycles. The van der Waals surface area contributed by atoms with Gasteiger partial charge in [0, 0.05) is 13.1 Å². The molecule has 0 heterocycles. The van der Waals surface area contributed by atoms with Crippen molar-refractivity contribution in [3.8, 4) is 0 Å². The highest BCUT2D eigenvalue weighted by Crippen LogP contribution is 2.04. The Kier molecular flexibility index (Phi) is 4.66. The summed E-state index contributed by atoms with van der Waals surface area (Å²) in [5, 5.41) is 5.40. The Morgan fingerprint density at radius 2 is 2.00 bits per heavy atom. The Hall–Kier alpha value is -0.730. The van der Waals surface area contributed by atoms with Crippen LogP contribution in [0.4, 0.5) is 4.79 Å². The summed E-state index contributed by atoms with van der Waals surface area (Å²) < 4.78 is 0. The lowest BCUT2D eigenvalue weighted by atomic mass is 10.0. The molecule has 0 aromatic rings. The third-order valence-corrected chi connectivity index (χ3v) is 1.79. The van der Waals surface area contributed by atoms with Crippen LogP contribution < -0.4 is 10.6 Å².